The third-order valence-corrected chi connectivity index (χ3v) is 5.95. The largest absolute Gasteiger partial charge is 0.465 e. The van der Waals surface area contributed by atoms with Crippen molar-refractivity contribution in [3.05, 3.63) is 75.0 Å². The fraction of sp³-hybridized carbons (Fsp3) is 0.304. The molecule has 4 aromatic rings. The van der Waals surface area contributed by atoms with Crippen LogP contribution in [-0.4, -0.2) is 24.8 Å². The molecule has 7 nitrogen and oxygen atoms in total. The molecule has 160 valence electrons. The molecule has 31 heavy (non-hydrogen) atoms. The number of aromatic nitrogens is 5. The normalized spacial score (nSPS) is 11.1. The summed E-state index contributed by atoms with van der Waals surface area (Å²) < 4.78 is 8.51. The Morgan fingerprint density at radius 2 is 1.97 bits per heavy atom. The molecular weight excluding hydrogens is 410 g/mol. The Balaban J connectivity index is 1.54. The molecule has 0 spiro atoms. The van der Waals surface area contributed by atoms with Gasteiger partial charge in [0, 0.05) is 23.6 Å². The molecule has 0 saturated heterocycles. The average molecular weight is 436 g/mol. The van der Waals surface area contributed by atoms with Crippen LogP contribution in [0.4, 0.5) is 0 Å². The van der Waals surface area contributed by atoms with Crippen LogP contribution in [0.25, 0.3) is 16.9 Å². The van der Waals surface area contributed by atoms with Gasteiger partial charge in [-0.1, -0.05) is 55.0 Å². The first-order valence-corrected chi connectivity index (χ1v) is 11.2. The minimum Gasteiger partial charge on any atom is -0.465 e. The molecule has 0 aliphatic carbocycles. The third kappa shape index (κ3) is 4.59. The molecule has 8 heteroatoms. The maximum atomic E-state index is 12.3. The second-order valence-corrected chi connectivity index (χ2v) is 8.28. The van der Waals surface area contributed by atoms with E-state index in [2.05, 4.69) is 46.6 Å². The van der Waals surface area contributed by atoms with Crippen LogP contribution in [0.5, 0.6) is 5.19 Å². The van der Waals surface area contributed by atoms with E-state index in [1.165, 1.54) is 39.1 Å². The van der Waals surface area contributed by atoms with Gasteiger partial charge in [0.05, 0.1) is 11.4 Å². The van der Waals surface area contributed by atoms with E-state index in [9.17, 15) is 4.79 Å². The molecule has 0 radical (unpaired) electrons. The predicted octanol–water partition coefficient (Wildman–Crippen LogP) is 4.32. The zero-order chi connectivity index (χ0) is 21.8. The lowest BCUT2D eigenvalue weighted by atomic mass is 10.0. The van der Waals surface area contributed by atoms with E-state index in [0.717, 1.165) is 28.8 Å². The van der Waals surface area contributed by atoms with Crippen LogP contribution < -0.4 is 10.4 Å². The maximum Gasteiger partial charge on any atom is 0.368 e. The highest BCUT2D eigenvalue weighted by molar-refractivity contribution is 7.11. The van der Waals surface area contributed by atoms with Gasteiger partial charge >= 0.3 is 5.69 Å². The number of rotatable bonds is 8. The Labute approximate surface area is 184 Å². The fourth-order valence-corrected chi connectivity index (χ4v) is 4.07. The van der Waals surface area contributed by atoms with E-state index in [0.29, 0.717) is 10.9 Å². The molecule has 0 amide bonds. The van der Waals surface area contributed by atoms with Crippen molar-refractivity contribution in [2.45, 2.75) is 39.7 Å². The molecule has 2 heterocycles. The lowest BCUT2D eigenvalue weighted by Crippen LogP contribution is -2.23. The monoisotopic (exact) mass is 435 g/mol. The van der Waals surface area contributed by atoms with Gasteiger partial charge in [0.15, 0.2) is 0 Å². The number of hydrogen-bond acceptors (Lipinski definition) is 6. The van der Waals surface area contributed by atoms with E-state index in [1.54, 1.807) is 7.05 Å². The number of nitrogens with zero attached hydrogens (tertiary/aromatic N) is 5. The Morgan fingerprint density at radius 3 is 2.74 bits per heavy atom. The smallest absolute Gasteiger partial charge is 0.368 e. The highest BCUT2D eigenvalue weighted by atomic mass is 32.1. The summed E-state index contributed by atoms with van der Waals surface area (Å²) in [7, 11) is 1.58. The van der Waals surface area contributed by atoms with Gasteiger partial charge in [-0.2, -0.15) is 9.36 Å². The van der Waals surface area contributed by atoms with E-state index in [4.69, 9.17) is 4.74 Å². The lowest BCUT2D eigenvalue weighted by molar-refractivity contribution is 0.303. The van der Waals surface area contributed by atoms with E-state index in [1.807, 2.05) is 30.5 Å². The molecule has 2 aromatic heterocycles. The molecule has 0 N–H and O–H groups in total. The quantitative estimate of drug-likeness (QED) is 0.412. The SMILES string of the molecule is CCCCc1cccc(-c2csc(OCc3c(C)cccc3-n3nnn(C)c3=O)n2)c1. The van der Waals surface area contributed by atoms with E-state index < -0.39 is 0 Å². The number of unbranched alkanes of at least 4 members (excludes halogenated alkanes) is 1. The summed E-state index contributed by atoms with van der Waals surface area (Å²) in [5, 5.41) is 10.4. The number of aryl methyl sites for hydroxylation is 3. The first-order chi connectivity index (χ1) is 15.1. The summed E-state index contributed by atoms with van der Waals surface area (Å²) in [6, 6.07) is 14.2. The lowest BCUT2D eigenvalue weighted by Gasteiger charge is -2.11. The van der Waals surface area contributed by atoms with Gasteiger partial charge in [-0.25, -0.2) is 9.78 Å². The van der Waals surface area contributed by atoms with Gasteiger partial charge in [0.1, 0.15) is 6.61 Å². The van der Waals surface area contributed by atoms with Crippen LogP contribution in [0.3, 0.4) is 0 Å². The Hall–Kier alpha value is -3.26. The van der Waals surface area contributed by atoms with Crippen molar-refractivity contribution >= 4 is 11.3 Å². The zero-order valence-electron chi connectivity index (χ0n) is 17.9. The number of benzene rings is 2. The van der Waals surface area contributed by atoms with Crippen molar-refractivity contribution in [1.82, 2.24) is 24.8 Å². The molecule has 4 rings (SSSR count). The molecular formula is C23H25N5O2S. The van der Waals surface area contributed by atoms with Gasteiger partial charge in [-0.15, -0.1) is 0 Å². The second kappa shape index (κ2) is 9.26. The van der Waals surface area contributed by atoms with Gasteiger partial charge in [-0.05, 0) is 53.5 Å². The second-order valence-electron chi connectivity index (χ2n) is 7.46. The van der Waals surface area contributed by atoms with Crippen LogP contribution in [-0.2, 0) is 20.1 Å². The molecule has 0 saturated carbocycles. The topological polar surface area (TPSA) is 74.8 Å². The van der Waals surface area contributed by atoms with Crippen LogP contribution in [0.15, 0.2) is 52.6 Å². The van der Waals surface area contributed by atoms with Crippen molar-refractivity contribution in [1.29, 1.82) is 0 Å². The third-order valence-electron chi connectivity index (χ3n) is 5.20. The summed E-state index contributed by atoms with van der Waals surface area (Å²) in [5.74, 6) is 0. The first-order valence-electron chi connectivity index (χ1n) is 10.3. The summed E-state index contributed by atoms with van der Waals surface area (Å²) in [4.78, 5) is 17.0. The number of hydrogen-bond donors (Lipinski definition) is 0. The molecule has 0 fully saturated rings. The zero-order valence-corrected chi connectivity index (χ0v) is 18.7. The number of thiazole rings is 1. The highest BCUT2D eigenvalue weighted by Crippen LogP contribution is 2.28. The van der Waals surface area contributed by atoms with Gasteiger partial charge < -0.3 is 4.74 Å². The van der Waals surface area contributed by atoms with Crippen molar-refractivity contribution in [3.63, 3.8) is 0 Å². The van der Waals surface area contributed by atoms with Crippen LogP contribution in [0.1, 0.15) is 36.5 Å². The van der Waals surface area contributed by atoms with Gasteiger partial charge in [0.25, 0.3) is 5.19 Å². The number of ether oxygens (including phenoxy) is 1. The average Bonchev–Trinajstić information content (AvgIpc) is 3.38. The maximum absolute atomic E-state index is 12.3. The van der Waals surface area contributed by atoms with Crippen molar-refractivity contribution < 1.29 is 4.74 Å². The van der Waals surface area contributed by atoms with Crippen molar-refractivity contribution in [2.75, 3.05) is 0 Å². The Bertz CT molecular complexity index is 1240. The minimum absolute atomic E-state index is 0.286. The summed E-state index contributed by atoms with van der Waals surface area (Å²) in [6.07, 6.45) is 3.44. The highest BCUT2D eigenvalue weighted by Gasteiger charge is 2.14. The van der Waals surface area contributed by atoms with Gasteiger partial charge in [-0.3, -0.25) is 0 Å². The molecule has 0 aliphatic heterocycles. The van der Waals surface area contributed by atoms with E-state index >= 15 is 0 Å². The molecule has 0 aliphatic rings. The fourth-order valence-electron chi connectivity index (χ4n) is 3.39. The van der Waals surface area contributed by atoms with Crippen LogP contribution in [0, 0.1) is 6.92 Å². The Kier molecular flexibility index (Phi) is 6.27. The molecule has 2 aromatic carbocycles. The minimum atomic E-state index is -0.300. The van der Waals surface area contributed by atoms with Crippen molar-refractivity contribution in [2.24, 2.45) is 7.05 Å². The predicted molar refractivity (Wildman–Crippen MR) is 122 cm³/mol. The standard InChI is InChI=1S/C23H25N5O2S/c1-4-5-9-17-10-7-11-18(13-17)20-15-31-22(24-20)30-14-19-16(2)8-6-12-21(19)28-23(29)27(3)25-26-28/h6-8,10-13,15H,4-5,9,14H2,1-3H3. The molecule has 0 bridgehead atoms. The first kappa shape index (κ1) is 21.0. The van der Waals surface area contributed by atoms with Crippen LogP contribution in [0.2, 0.25) is 0 Å². The summed E-state index contributed by atoms with van der Waals surface area (Å²) in [6.45, 7) is 4.47. The van der Waals surface area contributed by atoms with Gasteiger partial charge in [0.2, 0.25) is 0 Å². The van der Waals surface area contributed by atoms with E-state index in [-0.39, 0.29) is 12.3 Å². The Morgan fingerprint density at radius 1 is 1.13 bits per heavy atom. The molecule has 0 atom stereocenters. The van der Waals surface area contributed by atoms with Crippen molar-refractivity contribution in [3.8, 4) is 22.1 Å². The van der Waals surface area contributed by atoms with Crippen LogP contribution >= 0.6 is 11.3 Å². The number of tetrazole rings is 1. The summed E-state index contributed by atoms with van der Waals surface area (Å²) >= 11 is 1.47. The molecule has 0 unspecified atom stereocenters. The summed E-state index contributed by atoms with van der Waals surface area (Å²) in [5.41, 5.74) is 5.59.